The molecule has 0 aromatic heterocycles. The summed E-state index contributed by atoms with van der Waals surface area (Å²) in [5, 5.41) is 2.48. The summed E-state index contributed by atoms with van der Waals surface area (Å²) in [7, 11) is 0. The van der Waals surface area contributed by atoms with Crippen LogP contribution < -0.4 is 37.7 Å². The molecule has 0 fully saturated rings. The van der Waals surface area contributed by atoms with Crippen molar-refractivity contribution in [3.63, 3.8) is 0 Å². The fourth-order valence-electron chi connectivity index (χ4n) is 1.39. The van der Waals surface area contributed by atoms with E-state index in [9.17, 15) is 0 Å². The Hall–Kier alpha value is -0.625. The van der Waals surface area contributed by atoms with Crippen molar-refractivity contribution in [2.75, 3.05) is 0 Å². The second-order valence-corrected chi connectivity index (χ2v) is 3.12. The topological polar surface area (TPSA) is 0 Å². The molecule has 2 aromatic rings. The van der Waals surface area contributed by atoms with Crippen LogP contribution in [0.4, 0.5) is 0 Å². The van der Waals surface area contributed by atoms with Crippen LogP contribution in [-0.2, 0) is 0 Å². The van der Waals surface area contributed by atoms with Crippen LogP contribution in [0.3, 0.4) is 0 Å². The van der Waals surface area contributed by atoms with Crippen molar-refractivity contribution in [1.82, 2.24) is 0 Å². The first kappa shape index (κ1) is 15.4. The summed E-state index contributed by atoms with van der Waals surface area (Å²) >= 11 is 0. The normalized spacial score (nSPS) is 8.25. The first-order valence-corrected chi connectivity index (χ1v) is 4.74. The van der Waals surface area contributed by atoms with Gasteiger partial charge in [0.1, 0.15) is 0 Å². The molecule has 0 unspecified atom stereocenters. The van der Waals surface area contributed by atoms with E-state index in [4.69, 9.17) is 0 Å². The second-order valence-electron chi connectivity index (χ2n) is 3.12. The maximum Gasteiger partial charge on any atom is 1.00 e. The quantitative estimate of drug-likeness (QED) is 0.335. The Morgan fingerprint density at radius 3 is 0.875 bits per heavy atom. The zero-order valence-electron chi connectivity index (χ0n) is 9.93. The van der Waals surface area contributed by atoms with E-state index in [1.165, 1.54) is 10.8 Å². The summed E-state index contributed by atoms with van der Waals surface area (Å²) in [4.78, 5) is 0. The minimum absolute atomic E-state index is 0. The molecule has 0 nitrogen and oxygen atoms in total. The fraction of sp³-hybridized carbons (Fsp3) is 0. The molecule has 0 bridgehead atoms. The Morgan fingerprint density at radius 1 is 0.375 bits per heavy atom. The van der Waals surface area contributed by atoms with E-state index < -0.39 is 0 Å². The van der Waals surface area contributed by atoms with Crippen molar-refractivity contribution in [3.05, 3.63) is 72.8 Å². The third-order valence-electron chi connectivity index (χ3n) is 2.10. The molecule has 2 aromatic carbocycles. The number of hydrogen-bond acceptors (Lipinski definition) is 0. The molecule has 70 valence electrons. The van der Waals surface area contributed by atoms with Crippen LogP contribution in [0, 0.1) is 0 Å². The van der Waals surface area contributed by atoms with Crippen molar-refractivity contribution in [3.8, 4) is 0 Å². The summed E-state index contributed by atoms with van der Waals surface area (Å²) in [5.74, 6) is 0. The average Bonchev–Trinajstić information content (AvgIpc) is 2.13. The first-order chi connectivity index (χ1) is 6.97. The Labute approximate surface area is 121 Å². The molecule has 16 heavy (non-hydrogen) atoms. The molecule has 0 atom stereocenters. The van der Waals surface area contributed by atoms with Crippen molar-refractivity contribution in [2.45, 2.75) is 0 Å². The largest absolute Gasteiger partial charge is 1.00 e. The molecule has 0 aliphatic rings. The van der Waals surface area contributed by atoms with E-state index in [1.807, 2.05) is 24.3 Å². The third-order valence-corrected chi connectivity index (χ3v) is 2.10. The molecular formula is C14H12Li2. The molecule has 0 amide bonds. The van der Waals surface area contributed by atoms with Gasteiger partial charge in [-0.1, -0.05) is 0 Å². The van der Waals surface area contributed by atoms with Gasteiger partial charge >= 0.3 is 37.7 Å². The molecule has 0 radical (unpaired) electrons. The van der Waals surface area contributed by atoms with Gasteiger partial charge in [-0.2, -0.15) is 59.3 Å². The molecule has 0 aliphatic heterocycles. The van der Waals surface area contributed by atoms with Gasteiger partial charge in [0.2, 0.25) is 0 Å². The predicted molar refractivity (Wildman–Crippen MR) is 61.6 cm³/mol. The molecule has 0 saturated carbocycles. The van der Waals surface area contributed by atoms with Gasteiger partial charge in [-0.25, -0.2) is 0 Å². The number of hydrogen-bond donors (Lipinski definition) is 0. The molecule has 0 N–H and O–H groups in total. The SMILES string of the molecule is [Li+].[Li+].c1ccc[c-]2cccccc[c-]2cc1. The molecule has 0 heterocycles. The Kier molecular flexibility index (Phi) is 8.19. The second kappa shape index (κ2) is 8.52. The Bertz CT molecular complexity index is 393. The average molecular weight is 194 g/mol. The van der Waals surface area contributed by atoms with Crippen molar-refractivity contribution in [2.24, 2.45) is 0 Å². The summed E-state index contributed by atoms with van der Waals surface area (Å²) in [6.45, 7) is 0. The maximum atomic E-state index is 2.12. The van der Waals surface area contributed by atoms with Crippen LogP contribution in [0.15, 0.2) is 72.8 Å². The molecule has 2 rings (SSSR count). The maximum absolute atomic E-state index is 2.12. The summed E-state index contributed by atoms with van der Waals surface area (Å²) in [6.07, 6.45) is 0. The predicted octanol–water partition coefficient (Wildman–Crippen LogP) is -2.03. The van der Waals surface area contributed by atoms with Gasteiger partial charge in [-0.15, -0.1) is 24.3 Å². The minimum atomic E-state index is 0. The zero-order chi connectivity index (χ0) is 9.64. The van der Waals surface area contributed by atoms with E-state index in [2.05, 4.69) is 48.5 Å². The van der Waals surface area contributed by atoms with Crippen LogP contribution in [0.1, 0.15) is 0 Å². The van der Waals surface area contributed by atoms with Crippen LogP contribution >= 0.6 is 0 Å². The standard InChI is InChI=1S/C14H12.2Li/c1-2-6-10-14-12-8-4-3-7-11-13(14)9-5-1;;/h1-12H;;/q-2;2*+1. The Balaban J connectivity index is 0.00000112. The summed E-state index contributed by atoms with van der Waals surface area (Å²) in [5.41, 5.74) is 0. The van der Waals surface area contributed by atoms with E-state index in [-0.39, 0.29) is 37.7 Å². The van der Waals surface area contributed by atoms with E-state index in [0.717, 1.165) is 0 Å². The fourth-order valence-corrected chi connectivity index (χ4v) is 1.39. The number of fused-ring (bicyclic) bond motifs is 1. The molecule has 2 heteroatoms. The summed E-state index contributed by atoms with van der Waals surface area (Å²) < 4.78 is 0. The minimum Gasteiger partial charge on any atom is -0.197 e. The van der Waals surface area contributed by atoms with Crippen LogP contribution in [-0.4, -0.2) is 0 Å². The van der Waals surface area contributed by atoms with Gasteiger partial charge in [0.25, 0.3) is 0 Å². The Morgan fingerprint density at radius 2 is 0.625 bits per heavy atom. The van der Waals surface area contributed by atoms with Crippen LogP contribution in [0.2, 0.25) is 0 Å². The van der Waals surface area contributed by atoms with E-state index in [1.54, 1.807) is 0 Å². The van der Waals surface area contributed by atoms with Crippen molar-refractivity contribution >= 4 is 10.8 Å². The van der Waals surface area contributed by atoms with Gasteiger partial charge in [0.15, 0.2) is 0 Å². The third kappa shape index (κ3) is 4.48. The number of rotatable bonds is 0. The monoisotopic (exact) mass is 194 g/mol. The van der Waals surface area contributed by atoms with Gasteiger partial charge in [-0.3, -0.25) is 0 Å². The first-order valence-electron chi connectivity index (χ1n) is 4.74. The van der Waals surface area contributed by atoms with Crippen LogP contribution in [0.25, 0.3) is 10.8 Å². The molecule has 0 saturated heterocycles. The molecule has 0 aliphatic carbocycles. The van der Waals surface area contributed by atoms with E-state index >= 15 is 0 Å². The van der Waals surface area contributed by atoms with E-state index in [0.29, 0.717) is 0 Å². The van der Waals surface area contributed by atoms with Gasteiger partial charge < -0.3 is 0 Å². The van der Waals surface area contributed by atoms with Crippen molar-refractivity contribution in [1.29, 1.82) is 0 Å². The zero-order valence-corrected chi connectivity index (χ0v) is 9.93. The summed E-state index contributed by atoms with van der Waals surface area (Å²) in [6, 6.07) is 24.8. The molecule has 0 spiro atoms. The smallest absolute Gasteiger partial charge is 0.197 e. The molecular weight excluding hydrogens is 182 g/mol. The van der Waals surface area contributed by atoms with Crippen molar-refractivity contribution < 1.29 is 37.7 Å². The van der Waals surface area contributed by atoms with Gasteiger partial charge in [-0.05, 0) is 0 Å². The van der Waals surface area contributed by atoms with Gasteiger partial charge in [0, 0.05) is 0 Å². The van der Waals surface area contributed by atoms with Crippen LogP contribution in [0.5, 0.6) is 0 Å². The van der Waals surface area contributed by atoms with Gasteiger partial charge in [0.05, 0.1) is 0 Å².